The first-order valence-electron chi connectivity index (χ1n) is 7.62. The Balaban J connectivity index is 1.87. The minimum absolute atomic E-state index is 0.157. The van der Waals surface area contributed by atoms with Gasteiger partial charge in [-0.05, 0) is 56.4 Å². The Morgan fingerprint density at radius 3 is 2.65 bits per heavy atom. The Bertz CT molecular complexity index is 806. The summed E-state index contributed by atoms with van der Waals surface area (Å²) in [7, 11) is -3.34. The van der Waals surface area contributed by atoms with Crippen LogP contribution in [0.15, 0.2) is 18.2 Å². The van der Waals surface area contributed by atoms with Gasteiger partial charge in [0.15, 0.2) is 0 Å². The molecule has 0 radical (unpaired) electrons. The van der Waals surface area contributed by atoms with Crippen LogP contribution in [0, 0.1) is 11.3 Å². The molecule has 1 N–H and O–H groups in total. The van der Waals surface area contributed by atoms with Crippen LogP contribution in [-0.2, 0) is 16.4 Å². The first-order valence-corrected chi connectivity index (χ1v) is 9.47. The largest absolute Gasteiger partial charge is 0.334 e. The van der Waals surface area contributed by atoms with E-state index in [9.17, 15) is 18.5 Å². The predicted octanol–water partition coefficient (Wildman–Crippen LogP) is 1.57. The maximum absolute atomic E-state index is 12.4. The second-order valence-electron chi connectivity index (χ2n) is 6.46. The first-order chi connectivity index (χ1) is 10.8. The monoisotopic (exact) mass is 333 g/mol. The fourth-order valence-electron chi connectivity index (χ4n) is 3.33. The molecule has 23 heavy (non-hydrogen) atoms. The number of nitriles is 1. The number of hydrogen-bond donors (Lipinski definition) is 1. The molecule has 1 amide bonds. The number of hydrogen-bond acceptors (Lipinski definition) is 4. The van der Waals surface area contributed by atoms with E-state index in [-0.39, 0.29) is 11.9 Å². The van der Waals surface area contributed by atoms with E-state index in [1.807, 2.05) is 6.92 Å². The molecule has 6 nitrogen and oxygen atoms in total. The second kappa shape index (κ2) is 5.24. The summed E-state index contributed by atoms with van der Waals surface area (Å²) in [5, 5.41) is 12.0. The van der Waals surface area contributed by atoms with E-state index < -0.39 is 15.6 Å². The number of sulfonamides is 1. The van der Waals surface area contributed by atoms with Crippen molar-refractivity contribution in [3.63, 3.8) is 0 Å². The van der Waals surface area contributed by atoms with Gasteiger partial charge in [0, 0.05) is 11.6 Å². The van der Waals surface area contributed by atoms with E-state index in [1.165, 1.54) is 10.6 Å². The lowest BCUT2D eigenvalue weighted by Gasteiger charge is -2.35. The van der Waals surface area contributed by atoms with Gasteiger partial charge in [0.1, 0.15) is 5.54 Å². The molecule has 1 heterocycles. The minimum Gasteiger partial charge on any atom is -0.334 e. The van der Waals surface area contributed by atoms with Crippen LogP contribution >= 0.6 is 0 Å². The number of amides is 1. The van der Waals surface area contributed by atoms with Gasteiger partial charge in [0.05, 0.1) is 18.0 Å². The predicted molar refractivity (Wildman–Crippen MR) is 86.6 cm³/mol. The zero-order valence-electron chi connectivity index (χ0n) is 13.2. The van der Waals surface area contributed by atoms with Gasteiger partial charge in [-0.3, -0.25) is 9.10 Å². The molecule has 122 valence electrons. The number of nitrogens with one attached hydrogen (secondary N) is 1. The van der Waals surface area contributed by atoms with Crippen LogP contribution in [0.4, 0.5) is 5.69 Å². The van der Waals surface area contributed by atoms with Gasteiger partial charge in [0.25, 0.3) is 5.91 Å². The van der Waals surface area contributed by atoms with E-state index in [4.69, 9.17) is 0 Å². The lowest BCUT2D eigenvalue weighted by molar-refractivity contribution is 0.0881. The number of carbonyl (C=O) groups excluding carboxylic acids is 1. The average Bonchev–Trinajstić information content (AvgIpc) is 2.77. The van der Waals surface area contributed by atoms with Crippen LogP contribution in [0.25, 0.3) is 0 Å². The SMILES string of the molecule is C[C@H]1Cc2cc(C(=O)NC3(C#N)CCC3)ccc2N1S(C)(=O)=O. The van der Waals surface area contributed by atoms with Crippen LogP contribution < -0.4 is 9.62 Å². The van der Waals surface area contributed by atoms with Crippen molar-refractivity contribution in [3.8, 4) is 6.07 Å². The number of carbonyl (C=O) groups is 1. The third-order valence-electron chi connectivity index (χ3n) is 4.63. The maximum Gasteiger partial charge on any atom is 0.252 e. The number of benzene rings is 1. The number of nitrogens with zero attached hydrogens (tertiary/aromatic N) is 2. The summed E-state index contributed by atoms with van der Waals surface area (Å²) in [6, 6.07) is 7.05. The minimum atomic E-state index is -3.34. The standard InChI is InChI=1S/C16H19N3O3S/c1-11-8-13-9-12(4-5-14(13)19(11)23(2,21)22)15(20)18-16(10-17)6-3-7-16/h4-5,9,11H,3,6-8H2,1-2H3,(H,18,20)/t11-/m0/s1. The molecule has 1 fully saturated rings. The van der Waals surface area contributed by atoms with Crippen molar-refractivity contribution in [2.45, 2.75) is 44.2 Å². The molecule has 0 aromatic heterocycles. The number of rotatable bonds is 3. The van der Waals surface area contributed by atoms with Crippen molar-refractivity contribution in [3.05, 3.63) is 29.3 Å². The van der Waals surface area contributed by atoms with E-state index in [2.05, 4.69) is 11.4 Å². The van der Waals surface area contributed by atoms with Crippen molar-refractivity contribution >= 4 is 21.6 Å². The van der Waals surface area contributed by atoms with Crippen LogP contribution in [0.2, 0.25) is 0 Å². The molecule has 1 aliphatic heterocycles. The summed E-state index contributed by atoms with van der Waals surface area (Å²) in [4.78, 5) is 12.4. The molecule has 1 aromatic rings. The van der Waals surface area contributed by atoms with E-state index in [1.54, 1.807) is 18.2 Å². The quantitative estimate of drug-likeness (QED) is 0.909. The molecular formula is C16H19N3O3S. The molecule has 3 rings (SSSR count). The van der Waals surface area contributed by atoms with Crippen LogP contribution in [0.1, 0.15) is 42.1 Å². The Morgan fingerprint density at radius 1 is 1.43 bits per heavy atom. The van der Waals surface area contributed by atoms with E-state index in [0.29, 0.717) is 30.5 Å². The second-order valence-corrected chi connectivity index (χ2v) is 8.32. The van der Waals surface area contributed by atoms with Crippen molar-refractivity contribution in [1.82, 2.24) is 5.32 Å². The third kappa shape index (κ3) is 2.68. The average molecular weight is 333 g/mol. The van der Waals surface area contributed by atoms with Gasteiger partial charge < -0.3 is 5.32 Å². The van der Waals surface area contributed by atoms with Gasteiger partial charge in [-0.2, -0.15) is 5.26 Å². The highest BCUT2D eigenvalue weighted by molar-refractivity contribution is 7.92. The summed E-state index contributed by atoms with van der Waals surface area (Å²) in [5.41, 5.74) is 1.21. The van der Waals surface area contributed by atoms with Crippen molar-refractivity contribution in [2.75, 3.05) is 10.6 Å². The van der Waals surface area contributed by atoms with Gasteiger partial charge in [-0.15, -0.1) is 0 Å². The highest BCUT2D eigenvalue weighted by Crippen LogP contribution is 2.35. The fourth-order valence-corrected chi connectivity index (χ4v) is 4.60. The molecule has 0 unspecified atom stereocenters. The van der Waals surface area contributed by atoms with Crippen LogP contribution in [0.5, 0.6) is 0 Å². The summed E-state index contributed by atoms with van der Waals surface area (Å²) >= 11 is 0. The lowest BCUT2D eigenvalue weighted by atomic mass is 9.78. The molecule has 0 bridgehead atoms. The molecule has 7 heteroatoms. The van der Waals surface area contributed by atoms with Gasteiger partial charge in [-0.1, -0.05) is 0 Å². The van der Waals surface area contributed by atoms with E-state index in [0.717, 1.165) is 12.0 Å². The van der Waals surface area contributed by atoms with Gasteiger partial charge >= 0.3 is 0 Å². The summed E-state index contributed by atoms with van der Waals surface area (Å²) in [6.07, 6.45) is 4.07. The first kappa shape index (κ1) is 15.8. The summed E-state index contributed by atoms with van der Waals surface area (Å²) in [5.74, 6) is -0.278. The molecule has 0 spiro atoms. The Morgan fingerprint density at radius 2 is 2.13 bits per heavy atom. The van der Waals surface area contributed by atoms with Gasteiger partial charge in [-0.25, -0.2) is 8.42 Å². The van der Waals surface area contributed by atoms with Crippen molar-refractivity contribution in [2.24, 2.45) is 0 Å². The number of anilines is 1. The Kier molecular flexibility index (Phi) is 3.60. The third-order valence-corrected chi connectivity index (χ3v) is 5.90. The summed E-state index contributed by atoms with van der Waals surface area (Å²) in [6.45, 7) is 1.85. The molecule has 1 atom stereocenters. The number of fused-ring (bicyclic) bond motifs is 1. The van der Waals surface area contributed by atoms with Gasteiger partial charge in [0.2, 0.25) is 10.0 Å². The summed E-state index contributed by atoms with van der Waals surface area (Å²) < 4.78 is 25.2. The van der Waals surface area contributed by atoms with Crippen LogP contribution in [-0.4, -0.2) is 32.2 Å². The molecule has 1 saturated carbocycles. The molecular weight excluding hydrogens is 314 g/mol. The maximum atomic E-state index is 12.4. The van der Waals surface area contributed by atoms with Crippen molar-refractivity contribution in [1.29, 1.82) is 5.26 Å². The molecule has 1 aromatic carbocycles. The highest BCUT2D eigenvalue weighted by Gasteiger charge is 2.39. The topological polar surface area (TPSA) is 90.3 Å². The normalized spacial score (nSPS) is 22.0. The Hall–Kier alpha value is -2.07. The Labute approximate surface area is 136 Å². The van der Waals surface area contributed by atoms with Crippen LogP contribution in [0.3, 0.4) is 0 Å². The highest BCUT2D eigenvalue weighted by atomic mass is 32.2. The zero-order chi connectivity index (χ0) is 16.8. The molecule has 1 aliphatic carbocycles. The van der Waals surface area contributed by atoms with Crippen molar-refractivity contribution < 1.29 is 13.2 Å². The lowest BCUT2D eigenvalue weighted by Crippen LogP contribution is -2.52. The van der Waals surface area contributed by atoms with E-state index >= 15 is 0 Å². The fraction of sp³-hybridized carbons (Fsp3) is 0.500. The molecule has 0 saturated heterocycles. The zero-order valence-corrected chi connectivity index (χ0v) is 14.0. The smallest absolute Gasteiger partial charge is 0.252 e. The molecule has 2 aliphatic rings.